The van der Waals surface area contributed by atoms with Crippen LogP contribution in [-0.4, -0.2) is 29.4 Å². The number of hydrogen-bond acceptors (Lipinski definition) is 3. The lowest BCUT2D eigenvalue weighted by Gasteiger charge is -2.17. The van der Waals surface area contributed by atoms with Crippen LogP contribution in [0.5, 0.6) is 0 Å². The Hall–Kier alpha value is -1.91. The number of benzene rings is 1. The zero-order valence-electron chi connectivity index (χ0n) is 12.0. The average molecular weight is 306 g/mol. The first kappa shape index (κ1) is 17.1. The summed E-state index contributed by atoms with van der Waals surface area (Å²) in [5.74, 6) is -0.00182. The molecule has 0 atom stereocenters. The highest BCUT2D eigenvalue weighted by atomic mass is 35.5. The number of hydrogen-bond donors (Lipinski definition) is 1. The SMILES string of the molecule is CN(CCc1ccccc1)C(=O)c1ccnc(CN)c1.Cl. The molecule has 0 aliphatic rings. The van der Waals surface area contributed by atoms with Gasteiger partial charge in [-0.25, -0.2) is 0 Å². The van der Waals surface area contributed by atoms with E-state index in [2.05, 4.69) is 17.1 Å². The van der Waals surface area contributed by atoms with E-state index < -0.39 is 0 Å². The highest BCUT2D eigenvalue weighted by molar-refractivity contribution is 5.94. The van der Waals surface area contributed by atoms with E-state index in [1.54, 1.807) is 23.2 Å². The lowest BCUT2D eigenvalue weighted by Crippen LogP contribution is -2.29. The maximum Gasteiger partial charge on any atom is 0.253 e. The molecule has 0 saturated heterocycles. The predicted octanol–water partition coefficient (Wildman–Crippen LogP) is 2.28. The second-order valence-corrected chi connectivity index (χ2v) is 4.70. The van der Waals surface area contributed by atoms with E-state index in [0.29, 0.717) is 18.7 Å². The van der Waals surface area contributed by atoms with E-state index in [4.69, 9.17) is 5.73 Å². The third-order valence-electron chi connectivity index (χ3n) is 3.20. The molecule has 0 spiro atoms. The van der Waals surface area contributed by atoms with Crippen LogP contribution >= 0.6 is 12.4 Å². The van der Waals surface area contributed by atoms with Gasteiger partial charge in [-0.05, 0) is 24.1 Å². The van der Waals surface area contributed by atoms with Crippen molar-refractivity contribution in [2.45, 2.75) is 13.0 Å². The fourth-order valence-electron chi connectivity index (χ4n) is 1.99. The van der Waals surface area contributed by atoms with E-state index in [1.165, 1.54) is 5.56 Å². The van der Waals surface area contributed by atoms with Crippen molar-refractivity contribution < 1.29 is 4.79 Å². The molecule has 4 nitrogen and oxygen atoms in total. The molecule has 2 aromatic rings. The summed E-state index contributed by atoms with van der Waals surface area (Å²) in [4.78, 5) is 18.1. The Morgan fingerprint density at radius 2 is 1.95 bits per heavy atom. The van der Waals surface area contributed by atoms with Gasteiger partial charge in [-0.3, -0.25) is 9.78 Å². The monoisotopic (exact) mass is 305 g/mol. The van der Waals surface area contributed by atoms with Gasteiger partial charge in [0.1, 0.15) is 0 Å². The Morgan fingerprint density at radius 3 is 2.62 bits per heavy atom. The molecule has 2 N–H and O–H groups in total. The zero-order chi connectivity index (χ0) is 14.4. The Bertz CT molecular complexity index is 575. The van der Waals surface area contributed by atoms with Crippen molar-refractivity contribution in [2.24, 2.45) is 5.73 Å². The molecule has 2 rings (SSSR count). The van der Waals surface area contributed by atoms with Gasteiger partial charge in [-0.15, -0.1) is 12.4 Å². The Labute approximate surface area is 131 Å². The molecule has 0 fully saturated rings. The van der Waals surface area contributed by atoms with E-state index >= 15 is 0 Å². The van der Waals surface area contributed by atoms with Gasteiger partial charge in [-0.2, -0.15) is 0 Å². The summed E-state index contributed by atoms with van der Waals surface area (Å²) < 4.78 is 0. The lowest BCUT2D eigenvalue weighted by molar-refractivity contribution is 0.0796. The lowest BCUT2D eigenvalue weighted by atomic mass is 10.1. The zero-order valence-corrected chi connectivity index (χ0v) is 12.8. The summed E-state index contributed by atoms with van der Waals surface area (Å²) >= 11 is 0. The van der Waals surface area contributed by atoms with Crippen molar-refractivity contribution in [3.63, 3.8) is 0 Å². The van der Waals surface area contributed by atoms with Crippen LogP contribution in [0.4, 0.5) is 0 Å². The van der Waals surface area contributed by atoms with Crippen molar-refractivity contribution >= 4 is 18.3 Å². The van der Waals surface area contributed by atoms with Crippen LogP contribution in [0.3, 0.4) is 0 Å². The summed E-state index contributed by atoms with van der Waals surface area (Å²) in [6.07, 6.45) is 2.47. The summed E-state index contributed by atoms with van der Waals surface area (Å²) in [6.45, 7) is 1.03. The van der Waals surface area contributed by atoms with Crippen molar-refractivity contribution in [3.05, 3.63) is 65.5 Å². The summed E-state index contributed by atoms with van der Waals surface area (Å²) in [6, 6.07) is 13.6. The quantitative estimate of drug-likeness (QED) is 0.922. The molecular formula is C16H20ClN3O. The molecule has 1 aromatic carbocycles. The van der Waals surface area contributed by atoms with E-state index in [9.17, 15) is 4.79 Å². The highest BCUT2D eigenvalue weighted by Crippen LogP contribution is 2.07. The fourth-order valence-corrected chi connectivity index (χ4v) is 1.99. The van der Waals surface area contributed by atoms with Crippen LogP contribution in [-0.2, 0) is 13.0 Å². The van der Waals surface area contributed by atoms with Crippen molar-refractivity contribution in [3.8, 4) is 0 Å². The number of carbonyl (C=O) groups excluding carboxylic acids is 1. The van der Waals surface area contributed by atoms with Gasteiger partial charge >= 0.3 is 0 Å². The molecular weight excluding hydrogens is 286 g/mol. The first-order valence-electron chi connectivity index (χ1n) is 6.65. The molecule has 0 saturated carbocycles. The Kier molecular flexibility index (Phi) is 6.85. The number of rotatable bonds is 5. The summed E-state index contributed by atoms with van der Waals surface area (Å²) in [7, 11) is 1.81. The Morgan fingerprint density at radius 1 is 1.24 bits per heavy atom. The van der Waals surface area contributed by atoms with E-state index in [-0.39, 0.29) is 18.3 Å². The molecule has 1 aromatic heterocycles. The van der Waals surface area contributed by atoms with Crippen LogP contribution in [0.2, 0.25) is 0 Å². The van der Waals surface area contributed by atoms with Gasteiger partial charge in [0, 0.05) is 31.9 Å². The number of carbonyl (C=O) groups is 1. The fraction of sp³-hybridized carbons (Fsp3) is 0.250. The van der Waals surface area contributed by atoms with Gasteiger partial charge in [0.05, 0.1) is 5.69 Å². The third kappa shape index (κ3) is 4.85. The molecule has 21 heavy (non-hydrogen) atoms. The normalized spacial score (nSPS) is 9.81. The number of amides is 1. The van der Waals surface area contributed by atoms with Crippen molar-refractivity contribution in [2.75, 3.05) is 13.6 Å². The van der Waals surface area contributed by atoms with Crippen LogP contribution in [0.25, 0.3) is 0 Å². The summed E-state index contributed by atoms with van der Waals surface area (Å²) in [5.41, 5.74) is 8.13. The third-order valence-corrected chi connectivity index (χ3v) is 3.20. The number of nitrogens with two attached hydrogens (primary N) is 1. The smallest absolute Gasteiger partial charge is 0.253 e. The largest absolute Gasteiger partial charge is 0.341 e. The number of aromatic nitrogens is 1. The van der Waals surface area contributed by atoms with Crippen LogP contribution in [0.1, 0.15) is 21.6 Å². The van der Waals surface area contributed by atoms with Gasteiger partial charge in [0.25, 0.3) is 5.91 Å². The average Bonchev–Trinajstić information content (AvgIpc) is 2.53. The van der Waals surface area contributed by atoms with Crippen molar-refractivity contribution in [1.29, 1.82) is 0 Å². The van der Waals surface area contributed by atoms with Gasteiger partial charge in [-0.1, -0.05) is 30.3 Å². The minimum absolute atomic E-state index is 0. The molecule has 0 aliphatic carbocycles. The standard InChI is InChI=1S/C16H19N3O.ClH/c1-19(10-8-13-5-3-2-4-6-13)16(20)14-7-9-18-15(11-14)12-17;/h2-7,9,11H,8,10,12,17H2,1H3;1H. The second kappa shape index (κ2) is 8.39. The first-order chi connectivity index (χ1) is 9.70. The summed E-state index contributed by atoms with van der Waals surface area (Å²) in [5, 5.41) is 0. The number of likely N-dealkylation sites (N-methyl/N-ethyl adjacent to an activating group) is 1. The highest BCUT2D eigenvalue weighted by Gasteiger charge is 2.12. The van der Waals surface area contributed by atoms with Crippen molar-refractivity contribution in [1.82, 2.24) is 9.88 Å². The topological polar surface area (TPSA) is 59.2 Å². The first-order valence-corrected chi connectivity index (χ1v) is 6.65. The van der Waals surface area contributed by atoms with E-state index in [0.717, 1.165) is 12.1 Å². The van der Waals surface area contributed by atoms with Crippen LogP contribution in [0, 0.1) is 0 Å². The molecule has 0 bridgehead atoms. The molecule has 112 valence electrons. The molecule has 0 aliphatic heterocycles. The van der Waals surface area contributed by atoms with Gasteiger partial charge in [0.15, 0.2) is 0 Å². The number of nitrogens with zero attached hydrogens (tertiary/aromatic N) is 2. The minimum atomic E-state index is -0.00182. The van der Waals surface area contributed by atoms with E-state index in [1.807, 2.05) is 25.2 Å². The second-order valence-electron chi connectivity index (χ2n) is 4.70. The number of pyridine rings is 1. The van der Waals surface area contributed by atoms with Gasteiger partial charge in [0.2, 0.25) is 0 Å². The predicted molar refractivity (Wildman–Crippen MR) is 86.5 cm³/mol. The van der Waals surface area contributed by atoms with Crippen LogP contribution < -0.4 is 5.73 Å². The van der Waals surface area contributed by atoms with Crippen LogP contribution in [0.15, 0.2) is 48.7 Å². The minimum Gasteiger partial charge on any atom is -0.341 e. The number of halogens is 1. The maximum absolute atomic E-state index is 12.3. The molecule has 1 amide bonds. The molecule has 0 radical (unpaired) electrons. The maximum atomic E-state index is 12.3. The van der Waals surface area contributed by atoms with Gasteiger partial charge < -0.3 is 10.6 Å². The molecule has 1 heterocycles. The Balaban J connectivity index is 0.00000220. The molecule has 0 unspecified atom stereocenters. The molecule has 5 heteroatoms.